The number of hydrogen-bond acceptors (Lipinski definition) is 0. The van der Waals surface area contributed by atoms with Gasteiger partial charge in [-0.25, -0.2) is 0 Å². The SMILES string of the molecule is FC(F)(F)/C=C(/Br)C(F)(F)Cl. The Morgan fingerprint density at radius 2 is 1.55 bits per heavy atom. The second kappa shape index (κ2) is 3.26. The fourth-order valence-electron chi connectivity index (χ4n) is 0.226. The first-order valence-electron chi connectivity index (χ1n) is 2.15. The summed E-state index contributed by atoms with van der Waals surface area (Å²) in [6.07, 6.45) is -5.41. The van der Waals surface area contributed by atoms with E-state index in [2.05, 4.69) is 11.6 Å². The third-order valence-corrected chi connectivity index (χ3v) is 1.72. The molecule has 0 rings (SSSR count). The molecule has 0 atom stereocenters. The molecule has 0 fully saturated rings. The van der Waals surface area contributed by atoms with E-state index < -0.39 is 22.1 Å². The van der Waals surface area contributed by atoms with E-state index in [-0.39, 0.29) is 0 Å². The molecular formula is C4HBrClF5. The summed E-state index contributed by atoms with van der Waals surface area (Å²) in [4.78, 5) is 0. The topological polar surface area (TPSA) is 0 Å². The number of allylic oxidation sites excluding steroid dienone is 2. The molecule has 0 N–H and O–H groups in total. The van der Waals surface area contributed by atoms with Crippen molar-refractivity contribution in [3.8, 4) is 0 Å². The molecule has 7 heteroatoms. The zero-order valence-electron chi connectivity index (χ0n) is 4.72. The van der Waals surface area contributed by atoms with E-state index in [1.165, 1.54) is 0 Å². The van der Waals surface area contributed by atoms with Crippen LogP contribution < -0.4 is 0 Å². The maximum atomic E-state index is 11.8. The van der Waals surface area contributed by atoms with Crippen molar-refractivity contribution in [3.05, 3.63) is 10.6 Å². The monoisotopic (exact) mass is 258 g/mol. The molecule has 0 aliphatic carbocycles. The van der Waals surface area contributed by atoms with Gasteiger partial charge >= 0.3 is 11.6 Å². The molecule has 66 valence electrons. The molecule has 0 aliphatic rings. The van der Waals surface area contributed by atoms with Gasteiger partial charge in [-0.15, -0.1) is 0 Å². The minimum absolute atomic E-state index is 0.611. The lowest BCUT2D eigenvalue weighted by Gasteiger charge is -2.07. The van der Waals surface area contributed by atoms with Crippen LogP contribution in [-0.4, -0.2) is 11.6 Å². The van der Waals surface area contributed by atoms with E-state index in [0.717, 1.165) is 0 Å². The molecule has 0 spiro atoms. The van der Waals surface area contributed by atoms with Crippen molar-refractivity contribution in [1.29, 1.82) is 0 Å². The van der Waals surface area contributed by atoms with Crippen LogP contribution in [0.15, 0.2) is 10.6 Å². The highest BCUT2D eigenvalue weighted by Crippen LogP contribution is 2.35. The van der Waals surface area contributed by atoms with Crippen LogP contribution in [0.2, 0.25) is 0 Å². The molecule has 0 aromatic carbocycles. The highest BCUT2D eigenvalue weighted by atomic mass is 79.9. The number of alkyl halides is 6. The Labute approximate surface area is 72.1 Å². The highest BCUT2D eigenvalue weighted by molar-refractivity contribution is 9.11. The molecule has 0 aliphatic heterocycles. The minimum Gasteiger partial charge on any atom is -0.183 e. The van der Waals surface area contributed by atoms with Crippen molar-refractivity contribution in [2.75, 3.05) is 0 Å². The normalized spacial score (nSPS) is 15.4. The zero-order chi connectivity index (χ0) is 9.28. The van der Waals surface area contributed by atoms with Gasteiger partial charge in [0.05, 0.1) is 4.48 Å². The summed E-state index contributed by atoms with van der Waals surface area (Å²) in [6.45, 7) is 0. The summed E-state index contributed by atoms with van der Waals surface area (Å²) in [7, 11) is 0. The van der Waals surface area contributed by atoms with E-state index in [4.69, 9.17) is 0 Å². The lowest BCUT2D eigenvalue weighted by atomic mass is 10.5. The van der Waals surface area contributed by atoms with E-state index >= 15 is 0 Å². The number of rotatable bonds is 1. The quantitative estimate of drug-likeness (QED) is 0.498. The van der Waals surface area contributed by atoms with Crippen LogP contribution in [0, 0.1) is 0 Å². The minimum atomic E-state index is -4.79. The van der Waals surface area contributed by atoms with Crippen molar-refractivity contribution >= 4 is 27.5 Å². The van der Waals surface area contributed by atoms with E-state index in [0.29, 0.717) is 0 Å². The molecule has 0 unspecified atom stereocenters. The predicted molar refractivity (Wildman–Crippen MR) is 33.9 cm³/mol. The van der Waals surface area contributed by atoms with Gasteiger partial charge < -0.3 is 0 Å². The Balaban J connectivity index is 4.49. The van der Waals surface area contributed by atoms with Crippen molar-refractivity contribution in [2.24, 2.45) is 0 Å². The number of hydrogen-bond donors (Lipinski definition) is 0. The number of halogens is 7. The summed E-state index contributed by atoms with van der Waals surface area (Å²) in [5.74, 6) is 0. The van der Waals surface area contributed by atoms with Crippen molar-refractivity contribution in [1.82, 2.24) is 0 Å². The first-order valence-corrected chi connectivity index (χ1v) is 3.32. The maximum Gasteiger partial charge on any atom is 0.410 e. The lowest BCUT2D eigenvalue weighted by Crippen LogP contribution is -2.10. The summed E-state index contributed by atoms with van der Waals surface area (Å²) >= 11 is 6.23. The second-order valence-electron chi connectivity index (χ2n) is 1.53. The summed E-state index contributed by atoms with van der Waals surface area (Å²) in [5.41, 5.74) is 0. The standard InChI is InChI=1S/C4HBrClF5/c5-2(4(6,10)11)1-3(7,8)9/h1H/b2-1+. The van der Waals surface area contributed by atoms with E-state index in [9.17, 15) is 22.0 Å². The van der Waals surface area contributed by atoms with E-state index in [1.807, 2.05) is 15.9 Å². The predicted octanol–water partition coefficient (Wildman–Crippen LogP) is 3.66. The van der Waals surface area contributed by atoms with Gasteiger partial charge in [0.25, 0.3) is 0 Å². The summed E-state index contributed by atoms with van der Waals surface area (Å²) in [5, 5.41) is -4.00. The Bertz CT molecular complexity index is 166. The highest BCUT2D eigenvalue weighted by Gasteiger charge is 2.34. The summed E-state index contributed by atoms with van der Waals surface area (Å²) < 4.78 is 56.2. The van der Waals surface area contributed by atoms with Crippen LogP contribution in [0.4, 0.5) is 22.0 Å². The lowest BCUT2D eigenvalue weighted by molar-refractivity contribution is -0.0813. The van der Waals surface area contributed by atoms with Gasteiger partial charge in [0, 0.05) is 6.08 Å². The zero-order valence-corrected chi connectivity index (χ0v) is 7.07. The Kier molecular flexibility index (Phi) is 3.31. The molecule has 0 saturated heterocycles. The Hall–Kier alpha value is 0.160. The largest absolute Gasteiger partial charge is 0.410 e. The Morgan fingerprint density at radius 3 is 1.64 bits per heavy atom. The van der Waals surface area contributed by atoms with Crippen molar-refractivity contribution in [2.45, 2.75) is 11.6 Å². The van der Waals surface area contributed by atoms with Crippen molar-refractivity contribution in [3.63, 3.8) is 0 Å². The molecule has 0 heterocycles. The molecule has 0 radical (unpaired) electrons. The molecule has 0 bridgehead atoms. The molecule has 0 amide bonds. The van der Waals surface area contributed by atoms with Crippen molar-refractivity contribution < 1.29 is 22.0 Å². The average molecular weight is 259 g/mol. The van der Waals surface area contributed by atoms with Gasteiger partial charge in [-0.2, -0.15) is 22.0 Å². The van der Waals surface area contributed by atoms with Crippen LogP contribution in [0.5, 0.6) is 0 Å². The fraction of sp³-hybridized carbons (Fsp3) is 0.500. The summed E-state index contributed by atoms with van der Waals surface area (Å²) in [6, 6.07) is 0. The average Bonchev–Trinajstić information content (AvgIpc) is 1.56. The van der Waals surface area contributed by atoms with Gasteiger partial charge in [-0.1, -0.05) is 0 Å². The first-order chi connectivity index (χ1) is 4.63. The van der Waals surface area contributed by atoms with Crippen LogP contribution in [0.3, 0.4) is 0 Å². The molecule has 0 nitrogen and oxygen atoms in total. The van der Waals surface area contributed by atoms with Crippen LogP contribution in [0.25, 0.3) is 0 Å². The van der Waals surface area contributed by atoms with Gasteiger partial charge in [0.1, 0.15) is 0 Å². The van der Waals surface area contributed by atoms with Crippen LogP contribution in [-0.2, 0) is 0 Å². The van der Waals surface area contributed by atoms with Gasteiger partial charge in [-0.3, -0.25) is 0 Å². The Morgan fingerprint density at radius 1 is 1.18 bits per heavy atom. The maximum absolute atomic E-state index is 11.8. The van der Waals surface area contributed by atoms with E-state index in [1.54, 1.807) is 0 Å². The fourth-order valence-corrected chi connectivity index (χ4v) is 0.540. The molecule has 0 aromatic rings. The third-order valence-electron chi connectivity index (χ3n) is 0.561. The molecule has 11 heavy (non-hydrogen) atoms. The second-order valence-corrected chi connectivity index (χ2v) is 2.86. The van der Waals surface area contributed by atoms with Crippen LogP contribution >= 0.6 is 27.5 Å². The first kappa shape index (κ1) is 11.2. The third kappa shape index (κ3) is 5.43. The van der Waals surface area contributed by atoms with Crippen LogP contribution in [0.1, 0.15) is 0 Å². The van der Waals surface area contributed by atoms with Gasteiger partial charge in [0.2, 0.25) is 0 Å². The molecule has 0 saturated carbocycles. The molecule has 0 aromatic heterocycles. The van der Waals surface area contributed by atoms with Gasteiger partial charge in [-0.05, 0) is 27.5 Å². The smallest absolute Gasteiger partial charge is 0.183 e. The van der Waals surface area contributed by atoms with Gasteiger partial charge in [0.15, 0.2) is 0 Å². The molecular weight excluding hydrogens is 258 g/mol.